The van der Waals surface area contributed by atoms with E-state index < -0.39 is 4.92 Å². The first kappa shape index (κ1) is 11.9. The van der Waals surface area contributed by atoms with Gasteiger partial charge in [-0.3, -0.25) is 10.1 Å². The van der Waals surface area contributed by atoms with Gasteiger partial charge in [0.25, 0.3) is 5.69 Å². The number of hydrogen-bond donors (Lipinski definition) is 0. The summed E-state index contributed by atoms with van der Waals surface area (Å²) >= 11 is 0. The molecular formula is C12H14N4O3. The van der Waals surface area contributed by atoms with Crippen molar-refractivity contribution in [3.05, 3.63) is 38.2 Å². The molecule has 7 nitrogen and oxygen atoms in total. The van der Waals surface area contributed by atoms with E-state index in [1.807, 2.05) is 4.90 Å². The van der Waals surface area contributed by atoms with Crippen molar-refractivity contribution in [3.63, 3.8) is 0 Å². The molecule has 1 fully saturated rings. The standard InChI is InChI=1S/C12H14N4O3/c17-15-8-13-11-9(15)4-5-10(16(18)19)12(11)14-6-2-1-3-7-14/h4-5H,1-3,6-8H2. The van der Waals surface area contributed by atoms with Gasteiger partial charge < -0.3 is 10.1 Å². The van der Waals surface area contributed by atoms with E-state index in [-0.39, 0.29) is 12.4 Å². The van der Waals surface area contributed by atoms with Gasteiger partial charge in [-0.2, -0.15) is 4.74 Å². The maximum atomic E-state index is 11.6. The molecule has 1 aromatic rings. The zero-order valence-corrected chi connectivity index (χ0v) is 10.4. The number of fused-ring (bicyclic) bond motifs is 1. The van der Waals surface area contributed by atoms with E-state index in [1.165, 1.54) is 12.1 Å². The summed E-state index contributed by atoms with van der Waals surface area (Å²) < 4.78 is 0.770. The van der Waals surface area contributed by atoms with Crippen LogP contribution < -0.4 is 20.4 Å². The zero-order valence-electron chi connectivity index (χ0n) is 10.4. The molecule has 0 aliphatic carbocycles. The minimum Gasteiger partial charge on any atom is -0.622 e. The normalized spacial score (nSPS) is 18.1. The van der Waals surface area contributed by atoms with E-state index in [0.29, 0.717) is 16.4 Å². The molecule has 0 radical (unpaired) electrons. The van der Waals surface area contributed by atoms with Crippen LogP contribution in [0.2, 0.25) is 0 Å². The molecule has 0 saturated carbocycles. The monoisotopic (exact) mass is 262 g/mol. The molecule has 1 saturated heterocycles. The second-order valence-corrected chi connectivity index (χ2v) is 4.78. The predicted octanol–water partition coefficient (Wildman–Crippen LogP) is 0.165. The summed E-state index contributed by atoms with van der Waals surface area (Å²) in [6.45, 7) is 1.59. The van der Waals surface area contributed by atoms with Crippen LogP contribution >= 0.6 is 0 Å². The van der Waals surface area contributed by atoms with E-state index in [9.17, 15) is 15.3 Å². The first-order chi connectivity index (χ1) is 9.18. The van der Waals surface area contributed by atoms with E-state index in [2.05, 4.69) is 4.99 Å². The molecule has 0 spiro atoms. The second-order valence-electron chi connectivity index (χ2n) is 4.78. The lowest BCUT2D eigenvalue weighted by Gasteiger charge is -2.27. The van der Waals surface area contributed by atoms with Gasteiger partial charge in [-0.15, -0.1) is 0 Å². The summed E-state index contributed by atoms with van der Waals surface area (Å²) in [6, 6.07) is 2.90. The summed E-state index contributed by atoms with van der Waals surface area (Å²) in [7, 11) is 0. The lowest BCUT2D eigenvalue weighted by atomic mass is 10.1. The third-order valence-corrected chi connectivity index (χ3v) is 3.60. The zero-order chi connectivity index (χ0) is 13.4. The SMILES string of the molecule is O=[N+]([O-])c1ccc2c(c1N1CCCCC1)=NC[N+]=2[O-]. The molecule has 0 aromatic heterocycles. The van der Waals surface area contributed by atoms with Crippen LogP contribution in [-0.2, 0) is 0 Å². The van der Waals surface area contributed by atoms with Crippen LogP contribution in [0.25, 0.3) is 0 Å². The number of nitro benzene ring substituents is 1. The highest BCUT2D eigenvalue weighted by Gasteiger charge is 2.27. The Hall–Kier alpha value is -2.18. The highest BCUT2D eigenvalue weighted by atomic mass is 16.6. The molecule has 2 aliphatic rings. The van der Waals surface area contributed by atoms with E-state index in [4.69, 9.17) is 0 Å². The van der Waals surface area contributed by atoms with E-state index in [1.54, 1.807) is 0 Å². The van der Waals surface area contributed by atoms with Gasteiger partial charge in [0.05, 0.1) is 4.92 Å². The fourth-order valence-corrected chi connectivity index (χ4v) is 2.70. The lowest BCUT2D eigenvalue weighted by molar-refractivity contribution is -0.384. The van der Waals surface area contributed by atoms with Crippen molar-refractivity contribution >= 4 is 11.4 Å². The maximum Gasteiger partial charge on any atom is 0.295 e. The van der Waals surface area contributed by atoms with Gasteiger partial charge in [-0.1, -0.05) is 0 Å². The highest BCUT2D eigenvalue weighted by Crippen LogP contribution is 2.25. The minimum absolute atomic E-state index is 0.0251. The molecular weight excluding hydrogens is 248 g/mol. The summed E-state index contributed by atoms with van der Waals surface area (Å²) in [5.74, 6) is 0. The number of hydroxylamine groups is 1. The largest absolute Gasteiger partial charge is 0.622 e. The average Bonchev–Trinajstić information content (AvgIpc) is 2.80. The van der Waals surface area contributed by atoms with Crippen LogP contribution in [-0.4, -0.2) is 24.7 Å². The van der Waals surface area contributed by atoms with Crippen molar-refractivity contribution in [1.29, 1.82) is 0 Å². The molecule has 0 amide bonds. The molecule has 0 atom stereocenters. The molecule has 0 unspecified atom stereocenters. The predicted molar refractivity (Wildman–Crippen MR) is 69.4 cm³/mol. The summed E-state index contributed by atoms with van der Waals surface area (Å²) in [6.07, 6.45) is 3.17. The number of nitro groups is 1. The van der Waals surface area contributed by atoms with Crippen molar-refractivity contribution in [1.82, 2.24) is 4.74 Å². The Bertz CT molecular complexity index is 650. The Morgan fingerprint density at radius 3 is 2.68 bits per heavy atom. The number of nitrogens with zero attached hydrogens (tertiary/aromatic N) is 4. The summed E-state index contributed by atoms with van der Waals surface area (Å²) in [4.78, 5) is 17.0. The van der Waals surface area contributed by atoms with Crippen LogP contribution in [0, 0.1) is 15.3 Å². The van der Waals surface area contributed by atoms with Crippen molar-refractivity contribution < 1.29 is 4.92 Å². The Labute approximate surface area is 109 Å². The molecule has 100 valence electrons. The molecule has 2 aliphatic heterocycles. The number of benzene rings is 1. The van der Waals surface area contributed by atoms with Crippen LogP contribution in [0.5, 0.6) is 0 Å². The Kier molecular flexibility index (Phi) is 2.81. The third kappa shape index (κ3) is 1.91. The van der Waals surface area contributed by atoms with Crippen LogP contribution in [0.1, 0.15) is 19.3 Å². The van der Waals surface area contributed by atoms with Gasteiger partial charge in [-0.25, -0.2) is 4.99 Å². The van der Waals surface area contributed by atoms with Gasteiger partial charge in [0.2, 0.25) is 12.0 Å². The van der Waals surface area contributed by atoms with E-state index in [0.717, 1.165) is 37.1 Å². The summed E-state index contributed by atoms with van der Waals surface area (Å²) in [5.41, 5.74) is 0.556. The smallest absolute Gasteiger partial charge is 0.295 e. The Morgan fingerprint density at radius 1 is 1.26 bits per heavy atom. The fourth-order valence-electron chi connectivity index (χ4n) is 2.70. The Morgan fingerprint density at radius 2 is 2.00 bits per heavy atom. The minimum atomic E-state index is -0.396. The van der Waals surface area contributed by atoms with Crippen LogP contribution in [0.15, 0.2) is 17.1 Å². The van der Waals surface area contributed by atoms with Crippen molar-refractivity contribution in [2.45, 2.75) is 19.3 Å². The number of anilines is 1. The third-order valence-electron chi connectivity index (χ3n) is 3.60. The fraction of sp³-hybridized carbons (Fsp3) is 0.500. The van der Waals surface area contributed by atoms with Gasteiger partial charge >= 0.3 is 0 Å². The van der Waals surface area contributed by atoms with Crippen LogP contribution in [0.4, 0.5) is 11.4 Å². The molecule has 1 aromatic carbocycles. The first-order valence-electron chi connectivity index (χ1n) is 6.37. The molecule has 0 N–H and O–H groups in total. The second kappa shape index (κ2) is 4.49. The van der Waals surface area contributed by atoms with Crippen molar-refractivity contribution in [3.8, 4) is 0 Å². The summed E-state index contributed by atoms with van der Waals surface area (Å²) in [5, 5.41) is 23.7. The van der Waals surface area contributed by atoms with Crippen molar-refractivity contribution in [2.24, 2.45) is 4.99 Å². The quantitative estimate of drug-likeness (QED) is 0.329. The molecule has 3 rings (SSSR count). The first-order valence-corrected chi connectivity index (χ1v) is 6.37. The van der Waals surface area contributed by atoms with Crippen molar-refractivity contribution in [2.75, 3.05) is 24.7 Å². The lowest BCUT2D eigenvalue weighted by Crippen LogP contribution is -2.39. The van der Waals surface area contributed by atoms with Gasteiger partial charge in [0.15, 0.2) is 5.36 Å². The molecule has 19 heavy (non-hydrogen) atoms. The average molecular weight is 262 g/mol. The van der Waals surface area contributed by atoms with Gasteiger partial charge in [-0.05, 0) is 19.3 Å². The van der Waals surface area contributed by atoms with E-state index >= 15 is 0 Å². The van der Waals surface area contributed by atoms with Gasteiger partial charge in [0.1, 0.15) is 5.69 Å². The van der Waals surface area contributed by atoms with Crippen LogP contribution in [0.3, 0.4) is 0 Å². The van der Waals surface area contributed by atoms with Gasteiger partial charge in [0, 0.05) is 25.2 Å². The molecule has 2 heterocycles. The maximum absolute atomic E-state index is 11.6. The molecule has 7 heteroatoms. The topological polar surface area (TPSA) is 84.8 Å². The number of piperidine rings is 1. The number of hydrogen-bond acceptors (Lipinski definition) is 5. The molecule has 0 bridgehead atoms. The highest BCUT2D eigenvalue weighted by molar-refractivity contribution is 5.63. The Balaban J connectivity index is 2.23. The number of rotatable bonds is 2.